The van der Waals surface area contributed by atoms with Gasteiger partial charge in [0, 0.05) is 44.5 Å². The predicted molar refractivity (Wildman–Crippen MR) is 82.4 cm³/mol. The second-order valence-corrected chi connectivity index (χ2v) is 8.20. The molecule has 21 heavy (non-hydrogen) atoms. The van der Waals surface area contributed by atoms with E-state index in [4.69, 9.17) is 5.73 Å². The van der Waals surface area contributed by atoms with Crippen LogP contribution in [0.25, 0.3) is 0 Å². The molecule has 2 rings (SSSR count). The SMILES string of the molecule is CCn1cc(S(=O)(=O)N2CCN(C(C)(C)C)CC2)c(N)n1. The van der Waals surface area contributed by atoms with Gasteiger partial charge in [0.15, 0.2) is 5.82 Å². The van der Waals surface area contributed by atoms with Gasteiger partial charge in [-0.25, -0.2) is 8.42 Å². The minimum absolute atomic E-state index is 0.0575. The van der Waals surface area contributed by atoms with Crippen LogP contribution in [-0.4, -0.2) is 59.1 Å². The molecule has 0 aromatic carbocycles. The molecular weight excluding hydrogens is 290 g/mol. The third kappa shape index (κ3) is 3.22. The van der Waals surface area contributed by atoms with Crippen molar-refractivity contribution in [3.63, 3.8) is 0 Å². The van der Waals surface area contributed by atoms with Gasteiger partial charge in [0.25, 0.3) is 0 Å². The summed E-state index contributed by atoms with van der Waals surface area (Å²) in [6.45, 7) is 11.3. The molecule has 0 bridgehead atoms. The lowest BCUT2D eigenvalue weighted by atomic mass is 10.1. The average Bonchev–Trinajstić information content (AvgIpc) is 2.80. The molecule has 0 amide bonds. The fraction of sp³-hybridized carbons (Fsp3) is 0.769. The van der Waals surface area contributed by atoms with Crippen molar-refractivity contribution in [2.45, 2.75) is 44.7 Å². The number of hydrogen-bond donors (Lipinski definition) is 1. The maximum absolute atomic E-state index is 12.7. The monoisotopic (exact) mass is 315 g/mol. The van der Waals surface area contributed by atoms with E-state index in [1.54, 1.807) is 4.68 Å². The summed E-state index contributed by atoms with van der Waals surface area (Å²) in [5.74, 6) is 0.0788. The van der Waals surface area contributed by atoms with Crippen molar-refractivity contribution in [3.8, 4) is 0 Å². The summed E-state index contributed by atoms with van der Waals surface area (Å²) < 4.78 is 28.4. The highest BCUT2D eigenvalue weighted by Crippen LogP contribution is 2.24. The maximum atomic E-state index is 12.7. The van der Waals surface area contributed by atoms with Crippen LogP contribution in [0.2, 0.25) is 0 Å². The number of aromatic nitrogens is 2. The van der Waals surface area contributed by atoms with Crippen LogP contribution in [0.5, 0.6) is 0 Å². The fourth-order valence-corrected chi connectivity index (χ4v) is 4.00. The Hall–Kier alpha value is -1.12. The Morgan fingerprint density at radius 3 is 2.24 bits per heavy atom. The highest BCUT2D eigenvalue weighted by Gasteiger charge is 2.34. The van der Waals surface area contributed by atoms with E-state index < -0.39 is 10.0 Å². The van der Waals surface area contributed by atoms with Crippen molar-refractivity contribution in [1.82, 2.24) is 19.0 Å². The zero-order valence-corrected chi connectivity index (χ0v) is 14.0. The minimum Gasteiger partial charge on any atom is -0.381 e. The van der Waals surface area contributed by atoms with Gasteiger partial charge in [0.05, 0.1) is 0 Å². The minimum atomic E-state index is -3.55. The lowest BCUT2D eigenvalue weighted by Crippen LogP contribution is -2.54. The zero-order chi connectivity index (χ0) is 15.8. The van der Waals surface area contributed by atoms with Crippen molar-refractivity contribution < 1.29 is 8.42 Å². The summed E-state index contributed by atoms with van der Waals surface area (Å²) in [4.78, 5) is 2.41. The Morgan fingerprint density at radius 1 is 1.24 bits per heavy atom. The highest BCUT2D eigenvalue weighted by atomic mass is 32.2. The Morgan fingerprint density at radius 2 is 1.81 bits per heavy atom. The lowest BCUT2D eigenvalue weighted by molar-refractivity contribution is 0.0922. The highest BCUT2D eigenvalue weighted by molar-refractivity contribution is 7.89. The van der Waals surface area contributed by atoms with Crippen molar-refractivity contribution >= 4 is 15.8 Å². The normalized spacial score (nSPS) is 19.0. The van der Waals surface area contributed by atoms with E-state index in [1.165, 1.54) is 10.5 Å². The Kier molecular flexibility index (Phi) is 4.32. The van der Waals surface area contributed by atoms with Crippen LogP contribution in [0.4, 0.5) is 5.82 Å². The first-order valence-corrected chi connectivity index (χ1v) is 8.68. The lowest BCUT2D eigenvalue weighted by Gasteiger charge is -2.41. The van der Waals surface area contributed by atoms with Gasteiger partial charge in [0.1, 0.15) is 4.90 Å². The smallest absolute Gasteiger partial charge is 0.248 e. The molecule has 120 valence electrons. The van der Waals surface area contributed by atoms with Crippen LogP contribution >= 0.6 is 0 Å². The van der Waals surface area contributed by atoms with E-state index in [1.807, 2.05) is 6.92 Å². The number of nitrogens with zero attached hydrogens (tertiary/aromatic N) is 4. The molecule has 1 saturated heterocycles. The molecule has 0 atom stereocenters. The van der Waals surface area contributed by atoms with Gasteiger partial charge in [0.2, 0.25) is 10.0 Å². The van der Waals surface area contributed by atoms with Gasteiger partial charge in [-0.3, -0.25) is 9.58 Å². The van der Waals surface area contributed by atoms with E-state index in [9.17, 15) is 8.42 Å². The molecule has 0 spiro atoms. The molecule has 0 aliphatic carbocycles. The first-order valence-electron chi connectivity index (χ1n) is 7.24. The number of piperazine rings is 1. The molecule has 1 fully saturated rings. The number of aryl methyl sites for hydroxylation is 1. The van der Waals surface area contributed by atoms with Gasteiger partial charge in [-0.05, 0) is 27.7 Å². The molecule has 0 saturated carbocycles. The van der Waals surface area contributed by atoms with Crippen LogP contribution in [0.1, 0.15) is 27.7 Å². The van der Waals surface area contributed by atoms with Gasteiger partial charge >= 0.3 is 0 Å². The van der Waals surface area contributed by atoms with Crippen LogP contribution in [0.3, 0.4) is 0 Å². The summed E-state index contributed by atoms with van der Waals surface area (Å²) >= 11 is 0. The second-order valence-electron chi connectivity index (χ2n) is 6.30. The van der Waals surface area contributed by atoms with Crippen molar-refractivity contribution in [1.29, 1.82) is 0 Å². The summed E-state index contributed by atoms with van der Waals surface area (Å²) in [6, 6.07) is 0. The van der Waals surface area contributed by atoms with Crippen LogP contribution < -0.4 is 5.73 Å². The molecular formula is C13H25N5O2S. The molecule has 7 nitrogen and oxygen atoms in total. The van der Waals surface area contributed by atoms with Gasteiger partial charge in [-0.2, -0.15) is 9.40 Å². The molecule has 2 heterocycles. The van der Waals surface area contributed by atoms with E-state index in [-0.39, 0.29) is 16.3 Å². The quantitative estimate of drug-likeness (QED) is 0.882. The third-order valence-electron chi connectivity index (χ3n) is 3.88. The number of rotatable bonds is 3. The van der Waals surface area contributed by atoms with E-state index in [0.29, 0.717) is 19.6 Å². The molecule has 1 aliphatic rings. The number of hydrogen-bond acceptors (Lipinski definition) is 5. The average molecular weight is 315 g/mol. The molecule has 0 unspecified atom stereocenters. The molecule has 2 N–H and O–H groups in total. The Labute approximate surface area is 126 Å². The van der Waals surface area contributed by atoms with Crippen molar-refractivity contribution in [2.24, 2.45) is 0 Å². The van der Waals surface area contributed by atoms with Crippen LogP contribution in [0, 0.1) is 0 Å². The van der Waals surface area contributed by atoms with Crippen LogP contribution in [-0.2, 0) is 16.6 Å². The number of anilines is 1. The number of nitrogens with two attached hydrogens (primary N) is 1. The molecule has 8 heteroatoms. The fourth-order valence-electron chi connectivity index (χ4n) is 2.52. The Bertz CT molecular complexity index is 595. The molecule has 0 radical (unpaired) electrons. The topological polar surface area (TPSA) is 84.5 Å². The van der Waals surface area contributed by atoms with E-state index in [2.05, 4.69) is 30.8 Å². The number of nitrogen functional groups attached to an aromatic ring is 1. The number of sulfonamides is 1. The summed E-state index contributed by atoms with van der Waals surface area (Å²) in [5.41, 5.74) is 5.82. The summed E-state index contributed by atoms with van der Waals surface area (Å²) in [6.07, 6.45) is 1.51. The zero-order valence-electron chi connectivity index (χ0n) is 13.2. The van der Waals surface area contributed by atoms with Gasteiger partial charge in [-0.1, -0.05) is 0 Å². The predicted octanol–water partition coefficient (Wildman–Crippen LogP) is 0.590. The van der Waals surface area contributed by atoms with E-state index in [0.717, 1.165) is 13.1 Å². The van der Waals surface area contributed by atoms with Crippen LogP contribution in [0.15, 0.2) is 11.1 Å². The molecule has 1 aromatic heterocycles. The first kappa shape index (κ1) is 16.3. The van der Waals surface area contributed by atoms with Crippen molar-refractivity contribution in [3.05, 3.63) is 6.20 Å². The molecule has 1 aromatic rings. The van der Waals surface area contributed by atoms with Crippen molar-refractivity contribution in [2.75, 3.05) is 31.9 Å². The maximum Gasteiger partial charge on any atom is 0.248 e. The van der Waals surface area contributed by atoms with E-state index >= 15 is 0 Å². The summed E-state index contributed by atoms with van der Waals surface area (Å²) in [5, 5.41) is 4.02. The van der Waals surface area contributed by atoms with Gasteiger partial charge in [-0.15, -0.1) is 0 Å². The third-order valence-corrected chi connectivity index (χ3v) is 5.80. The largest absolute Gasteiger partial charge is 0.381 e. The first-order chi connectivity index (χ1) is 9.66. The van der Waals surface area contributed by atoms with Gasteiger partial charge < -0.3 is 5.73 Å². The Balaban J connectivity index is 2.17. The summed E-state index contributed by atoms with van der Waals surface area (Å²) in [7, 11) is -3.55. The standard InChI is InChI=1S/C13H25N5O2S/c1-5-17-10-11(12(14)15-17)21(19,20)18-8-6-16(7-9-18)13(2,3)4/h10H,5-9H2,1-4H3,(H2,14,15). The second kappa shape index (κ2) is 5.58. The molecule has 1 aliphatic heterocycles.